The molecular formula is C56H31B8NS. The van der Waals surface area contributed by atoms with Crippen molar-refractivity contribution in [2.75, 3.05) is 4.90 Å². The van der Waals surface area contributed by atoms with E-state index in [0.29, 0.717) is 28.2 Å². The summed E-state index contributed by atoms with van der Waals surface area (Å²) < 4.78 is 2.43. The van der Waals surface area contributed by atoms with Crippen LogP contribution in [0.2, 0.25) is 0 Å². The molecule has 0 saturated carbocycles. The largest absolute Gasteiger partial charge is 0.313 e. The smallest absolute Gasteiger partial charge is 0.115 e. The van der Waals surface area contributed by atoms with E-state index < -0.39 is 0 Å². The van der Waals surface area contributed by atoms with E-state index in [9.17, 15) is 0 Å². The van der Waals surface area contributed by atoms with E-state index in [1.54, 1.807) is 16.2 Å². The first-order valence-corrected chi connectivity index (χ1v) is 22.6. The van der Waals surface area contributed by atoms with Crippen molar-refractivity contribution < 1.29 is 0 Å². The molecule has 0 N–H and O–H groups in total. The van der Waals surface area contributed by atoms with Gasteiger partial charge in [-0.1, -0.05) is 177 Å². The summed E-state index contributed by atoms with van der Waals surface area (Å²) in [5, 5.41) is 4.69. The van der Waals surface area contributed by atoms with Gasteiger partial charge >= 0.3 is 0 Å². The maximum Gasteiger partial charge on any atom is 0.115 e. The molecule has 290 valence electrons. The normalized spacial score (nSPS) is 12.2. The number of hydrogen-bond donors (Lipinski definition) is 0. The Balaban J connectivity index is 1.10. The highest BCUT2D eigenvalue weighted by atomic mass is 32.1. The van der Waals surface area contributed by atoms with Gasteiger partial charge in [0.15, 0.2) is 0 Å². The third kappa shape index (κ3) is 6.87. The van der Waals surface area contributed by atoms with Crippen LogP contribution in [0.1, 0.15) is 17.5 Å². The fourth-order valence-electron chi connectivity index (χ4n) is 9.79. The lowest BCUT2D eigenvalue weighted by Gasteiger charge is -2.37. The van der Waals surface area contributed by atoms with Crippen molar-refractivity contribution in [3.63, 3.8) is 0 Å². The zero-order chi connectivity index (χ0) is 45.4. The molecule has 0 aliphatic heterocycles. The van der Waals surface area contributed by atoms with Crippen LogP contribution in [0.25, 0.3) is 81.5 Å². The van der Waals surface area contributed by atoms with Gasteiger partial charge in [0, 0.05) is 37.2 Å². The van der Waals surface area contributed by atoms with Crippen LogP contribution >= 0.6 is 11.3 Å². The van der Waals surface area contributed by atoms with Crippen molar-refractivity contribution in [1.82, 2.24) is 0 Å². The summed E-state index contributed by atoms with van der Waals surface area (Å²) in [6, 6.07) is 51.8. The Bertz CT molecular complexity index is 3590. The van der Waals surface area contributed by atoms with Crippen molar-refractivity contribution in [1.29, 1.82) is 0 Å². The molecule has 0 unspecified atom stereocenters. The molecule has 0 atom stereocenters. The fourth-order valence-corrected chi connectivity index (χ4v) is 10.9. The van der Waals surface area contributed by atoms with Gasteiger partial charge in [0.1, 0.15) is 62.8 Å². The minimum absolute atomic E-state index is 0.175. The number of nitrogens with zero attached hydrogens (tertiary/aromatic N) is 1. The van der Waals surface area contributed by atoms with Crippen LogP contribution in [0.3, 0.4) is 0 Å². The van der Waals surface area contributed by atoms with E-state index in [2.05, 4.69) is 109 Å². The predicted octanol–water partition coefficient (Wildman–Crippen LogP) is 6.66. The number of hydrogen-bond acceptors (Lipinski definition) is 2. The molecule has 0 amide bonds. The van der Waals surface area contributed by atoms with E-state index in [1.165, 1.54) is 25.7 Å². The Morgan fingerprint density at radius 2 is 0.970 bits per heavy atom. The molecule has 0 spiro atoms. The molecule has 1 aliphatic carbocycles. The van der Waals surface area contributed by atoms with E-state index in [-0.39, 0.29) is 43.7 Å². The Hall–Kier alpha value is -6.48. The van der Waals surface area contributed by atoms with E-state index in [0.717, 1.165) is 62.6 Å². The van der Waals surface area contributed by atoms with E-state index in [1.807, 2.05) is 54.6 Å². The maximum atomic E-state index is 7.23. The van der Waals surface area contributed by atoms with Crippen LogP contribution in [0, 0.1) is 0 Å². The molecule has 9 aromatic carbocycles. The lowest BCUT2D eigenvalue weighted by molar-refractivity contribution is 0.987. The van der Waals surface area contributed by atoms with Gasteiger partial charge in [-0.3, -0.25) is 0 Å². The standard InChI is InChI=1S/C56H31B8NS/c57-47-45(33-24-22-32(23-25-33)38-19-8-12-30-10-1-3-16-37(30)38)48(58)52(62)55(51(47)61)65(36-15-7-14-34(28-36)35-26-27-44-42(29-35)40-18-5-6-21-43(40)66-44)56-53(63)49(59)46(50(60)54(56)64)41-20-9-13-31-11-2-4-17-39(31)41/h1,3-10,12-29H,2,11H2. The second-order valence-corrected chi connectivity index (χ2v) is 18.0. The number of thiophene rings is 1. The van der Waals surface area contributed by atoms with Gasteiger partial charge in [-0.05, 0) is 110 Å². The van der Waals surface area contributed by atoms with Gasteiger partial charge in [0.05, 0.1) is 0 Å². The van der Waals surface area contributed by atoms with Crippen LogP contribution in [0.5, 0.6) is 0 Å². The third-order valence-electron chi connectivity index (χ3n) is 13.1. The van der Waals surface area contributed by atoms with Crippen LogP contribution in [-0.4, -0.2) is 62.8 Å². The molecule has 0 fully saturated rings. The molecular weight excluding hydrogens is 805 g/mol. The minimum Gasteiger partial charge on any atom is -0.313 e. The molecule has 16 radical (unpaired) electrons. The summed E-state index contributed by atoms with van der Waals surface area (Å²) >= 11 is 1.77. The van der Waals surface area contributed by atoms with Crippen LogP contribution in [0.4, 0.5) is 17.1 Å². The molecule has 0 bridgehead atoms. The summed E-state index contributed by atoms with van der Waals surface area (Å²) in [5.74, 6) is 0. The lowest BCUT2D eigenvalue weighted by atomic mass is 9.62. The fraction of sp³-hybridized carbons (Fsp3) is 0.0357. The molecule has 11 rings (SSSR count). The van der Waals surface area contributed by atoms with Gasteiger partial charge in [0.25, 0.3) is 0 Å². The summed E-state index contributed by atoms with van der Waals surface area (Å²) in [7, 11) is 57.4. The quantitative estimate of drug-likeness (QED) is 0.163. The van der Waals surface area contributed by atoms with Crippen molar-refractivity contribution >= 4 is 172 Å². The number of fused-ring (bicyclic) bond motifs is 5. The summed E-state index contributed by atoms with van der Waals surface area (Å²) in [6.07, 6.45) is 6.10. The number of allylic oxidation sites excluding steroid dienone is 1. The van der Waals surface area contributed by atoms with E-state index >= 15 is 0 Å². The van der Waals surface area contributed by atoms with Crippen molar-refractivity contribution in [3.8, 4) is 44.5 Å². The monoisotopic (exact) mass is 837 g/mol. The Morgan fingerprint density at radius 3 is 1.71 bits per heavy atom. The Kier molecular flexibility index (Phi) is 10.7. The molecule has 1 heterocycles. The van der Waals surface area contributed by atoms with Gasteiger partial charge in [-0.2, -0.15) is 0 Å². The lowest BCUT2D eigenvalue weighted by Crippen LogP contribution is -2.50. The molecule has 1 aromatic heterocycles. The average Bonchev–Trinajstić information content (AvgIpc) is 3.73. The number of anilines is 3. The topological polar surface area (TPSA) is 3.24 Å². The highest BCUT2D eigenvalue weighted by molar-refractivity contribution is 7.25. The van der Waals surface area contributed by atoms with Gasteiger partial charge in [-0.15, -0.1) is 11.3 Å². The van der Waals surface area contributed by atoms with Crippen molar-refractivity contribution in [3.05, 3.63) is 169 Å². The second-order valence-electron chi connectivity index (χ2n) is 16.9. The van der Waals surface area contributed by atoms with Crippen molar-refractivity contribution in [2.45, 2.75) is 12.8 Å². The summed E-state index contributed by atoms with van der Waals surface area (Å²) in [5.41, 5.74) is 11.9. The first-order valence-electron chi connectivity index (χ1n) is 21.8. The predicted molar refractivity (Wildman–Crippen MR) is 294 cm³/mol. The maximum absolute atomic E-state index is 7.23. The minimum atomic E-state index is 0.175. The first-order chi connectivity index (χ1) is 32.1. The van der Waals surface area contributed by atoms with Crippen LogP contribution in [0.15, 0.2) is 158 Å². The van der Waals surface area contributed by atoms with E-state index in [4.69, 9.17) is 62.8 Å². The number of benzene rings is 9. The zero-order valence-corrected chi connectivity index (χ0v) is 36.8. The Labute approximate surface area is 400 Å². The Morgan fingerprint density at radius 1 is 0.409 bits per heavy atom. The van der Waals surface area contributed by atoms with Gasteiger partial charge < -0.3 is 4.90 Å². The molecule has 66 heavy (non-hydrogen) atoms. The van der Waals surface area contributed by atoms with Gasteiger partial charge in [-0.25, -0.2) is 0 Å². The molecule has 10 heteroatoms. The molecule has 0 saturated heterocycles. The summed E-state index contributed by atoms with van der Waals surface area (Å²) in [4.78, 5) is 1.80. The zero-order valence-electron chi connectivity index (χ0n) is 36.0. The number of rotatable bonds is 7. The summed E-state index contributed by atoms with van der Waals surface area (Å²) in [6.45, 7) is 0. The van der Waals surface area contributed by atoms with Crippen molar-refractivity contribution in [2.24, 2.45) is 0 Å². The molecule has 10 aromatic rings. The number of aryl methyl sites for hydroxylation is 1. The molecule has 1 nitrogen and oxygen atoms in total. The van der Waals surface area contributed by atoms with Gasteiger partial charge in [0.2, 0.25) is 0 Å². The third-order valence-corrected chi connectivity index (χ3v) is 14.3. The second kappa shape index (κ2) is 16.7. The first kappa shape index (κ1) is 42.2. The van der Waals surface area contributed by atoms with Crippen LogP contribution in [-0.2, 0) is 6.42 Å². The highest BCUT2D eigenvalue weighted by Crippen LogP contribution is 2.39. The highest BCUT2D eigenvalue weighted by Gasteiger charge is 2.27. The SMILES string of the molecule is [B]c1c([B])c(N(c2cccc(-c3ccc4sc5ccccc5c4c3)c2)c2c([B])c([B])c(-c3cccc4c3C=CCC4)c([B])c2[B])c([B])c([B])c1-c1ccc(-c2cccc3ccccc23)cc1. The molecule has 1 aliphatic rings. The van der Waals surface area contributed by atoms with Crippen LogP contribution < -0.4 is 48.6 Å². The average molecular weight is 836 g/mol.